The minimum absolute atomic E-state index is 0.134. The summed E-state index contributed by atoms with van der Waals surface area (Å²) < 4.78 is 21.4. The number of ether oxygens (including phenoxy) is 4. The summed E-state index contributed by atoms with van der Waals surface area (Å²) >= 11 is 0. The Morgan fingerprint density at radius 1 is 0.649 bits per heavy atom. The van der Waals surface area contributed by atoms with Crippen molar-refractivity contribution in [3.63, 3.8) is 0 Å². The fourth-order valence-electron chi connectivity index (χ4n) is 3.28. The molecule has 0 aliphatic carbocycles. The largest absolute Gasteiger partial charge is 0.458 e. The second-order valence-electron chi connectivity index (χ2n) is 7.72. The smallest absolute Gasteiger partial charge is 0.338 e. The molecule has 0 aliphatic rings. The number of carbonyl (C=O) groups is 5. The van der Waals surface area contributed by atoms with Crippen LogP contribution in [0.5, 0.6) is 0 Å². The first-order chi connectivity index (χ1) is 17.9. The van der Waals surface area contributed by atoms with Crippen LogP contribution in [0.1, 0.15) is 38.0 Å². The molecule has 9 heteroatoms. The van der Waals surface area contributed by atoms with E-state index in [0.717, 1.165) is 6.92 Å². The van der Waals surface area contributed by atoms with Gasteiger partial charge >= 0.3 is 23.9 Å². The first-order valence-electron chi connectivity index (χ1n) is 11.3. The van der Waals surface area contributed by atoms with Gasteiger partial charge in [0.25, 0.3) is 0 Å². The van der Waals surface area contributed by atoms with Crippen molar-refractivity contribution in [1.29, 1.82) is 0 Å². The van der Waals surface area contributed by atoms with E-state index in [0.29, 0.717) is 0 Å². The molecule has 3 aromatic carbocycles. The molecule has 3 aromatic rings. The Morgan fingerprint density at radius 3 is 1.51 bits per heavy atom. The zero-order chi connectivity index (χ0) is 26.6. The lowest BCUT2D eigenvalue weighted by Gasteiger charge is -2.29. The van der Waals surface area contributed by atoms with Crippen LogP contribution in [0.4, 0.5) is 0 Å². The molecule has 37 heavy (non-hydrogen) atoms. The lowest BCUT2D eigenvalue weighted by molar-refractivity contribution is -0.163. The summed E-state index contributed by atoms with van der Waals surface area (Å²) in [7, 11) is 0. The van der Waals surface area contributed by atoms with E-state index in [2.05, 4.69) is 0 Å². The van der Waals surface area contributed by atoms with Gasteiger partial charge in [0.05, 0.1) is 16.7 Å². The van der Waals surface area contributed by atoms with Crippen LogP contribution in [-0.2, 0) is 28.5 Å². The van der Waals surface area contributed by atoms with Crippen LogP contribution in [0.3, 0.4) is 0 Å². The van der Waals surface area contributed by atoms with Crippen molar-refractivity contribution in [3.05, 3.63) is 108 Å². The third kappa shape index (κ3) is 7.86. The van der Waals surface area contributed by atoms with E-state index in [1.165, 1.54) is 36.4 Å². The first-order valence-corrected chi connectivity index (χ1v) is 11.3. The fraction of sp³-hybridized carbons (Fsp3) is 0.179. The van der Waals surface area contributed by atoms with E-state index in [-0.39, 0.29) is 23.0 Å². The van der Waals surface area contributed by atoms with Gasteiger partial charge in [0.15, 0.2) is 24.6 Å². The monoisotopic (exact) mass is 504 g/mol. The highest BCUT2D eigenvalue weighted by molar-refractivity contribution is 5.91. The molecule has 3 atom stereocenters. The van der Waals surface area contributed by atoms with Gasteiger partial charge in [-0.25, -0.2) is 14.4 Å². The third-order valence-corrected chi connectivity index (χ3v) is 5.04. The predicted molar refractivity (Wildman–Crippen MR) is 130 cm³/mol. The number of aldehydes is 1. The maximum atomic E-state index is 12.9. The molecule has 0 N–H and O–H groups in total. The van der Waals surface area contributed by atoms with Crippen LogP contribution in [0, 0.1) is 0 Å². The summed E-state index contributed by atoms with van der Waals surface area (Å²) in [5, 5.41) is 0. The predicted octanol–water partition coefficient (Wildman–Crippen LogP) is 3.43. The number of carbonyl (C=O) groups excluding carboxylic acids is 5. The number of hydrogen-bond donors (Lipinski definition) is 0. The number of hydrogen-bond acceptors (Lipinski definition) is 9. The van der Waals surface area contributed by atoms with E-state index in [4.69, 9.17) is 18.9 Å². The van der Waals surface area contributed by atoms with Crippen molar-refractivity contribution >= 4 is 30.2 Å². The molecule has 3 rings (SSSR count). The van der Waals surface area contributed by atoms with Crippen molar-refractivity contribution in [3.8, 4) is 0 Å². The number of rotatable bonds is 11. The molecule has 0 saturated heterocycles. The zero-order valence-corrected chi connectivity index (χ0v) is 19.9. The van der Waals surface area contributed by atoms with Gasteiger partial charge in [-0.15, -0.1) is 0 Å². The average Bonchev–Trinajstić information content (AvgIpc) is 2.93. The fourth-order valence-corrected chi connectivity index (χ4v) is 3.28. The van der Waals surface area contributed by atoms with Gasteiger partial charge in [-0.2, -0.15) is 0 Å². The van der Waals surface area contributed by atoms with E-state index >= 15 is 0 Å². The van der Waals surface area contributed by atoms with Crippen molar-refractivity contribution in [2.45, 2.75) is 25.2 Å². The Kier molecular flexibility index (Phi) is 9.66. The summed E-state index contributed by atoms with van der Waals surface area (Å²) in [5.74, 6) is -3.29. The Morgan fingerprint density at radius 2 is 1.08 bits per heavy atom. The van der Waals surface area contributed by atoms with Gasteiger partial charge in [0.2, 0.25) is 0 Å². The van der Waals surface area contributed by atoms with Crippen molar-refractivity contribution < 1.29 is 42.9 Å². The second-order valence-corrected chi connectivity index (χ2v) is 7.72. The van der Waals surface area contributed by atoms with Crippen LogP contribution in [0.15, 0.2) is 91.0 Å². The molecule has 190 valence electrons. The van der Waals surface area contributed by atoms with Crippen molar-refractivity contribution in [1.82, 2.24) is 0 Å². The minimum atomic E-state index is -1.69. The number of benzene rings is 3. The van der Waals surface area contributed by atoms with E-state index in [1.807, 2.05) is 0 Å². The molecule has 0 saturated carbocycles. The first kappa shape index (κ1) is 26.8. The normalized spacial score (nSPS) is 12.8. The molecule has 0 spiro atoms. The highest BCUT2D eigenvalue weighted by Crippen LogP contribution is 2.18. The summed E-state index contributed by atoms with van der Waals surface area (Å²) in [6.45, 7) is 0.501. The molecule has 0 unspecified atom stereocenters. The molecule has 0 aliphatic heterocycles. The standard InChI is InChI=1S/C28H24O9/c1-19(30)35-24(18-34-26(31)20-11-5-2-6-12-20)25(37-28(33)22-15-9-4-10-16-22)23(17-29)36-27(32)21-13-7-3-8-14-21/h2-17,23-25H,18H2,1H3/t23-,24+,25-/m0/s1. The SMILES string of the molecule is CC(=O)O[C@H](COC(=O)c1ccccc1)[C@@H](OC(=O)c1ccccc1)[C@H](C=O)OC(=O)c1ccccc1. The molecular formula is C28H24O9. The lowest BCUT2D eigenvalue weighted by Crippen LogP contribution is -2.48. The van der Waals surface area contributed by atoms with Crippen LogP contribution in [-0.4, -0.2) is 55.1 Å². The van der Waals surface area contributed by atoms with Gasteiger partial charge in [-0.1, -0.05) is 54.6 Å². The highest BCUT2D eigenvalue weighted by Gasteiger charge is 2.39. The molecule has 0 heterocycles. The molecule has 0 bridgehead atoms. The van der Waals surface area contributed by atoms with Gasteiger partial charge in [-0.05, 0) is 36.4 Å². The van der Waals surface area contributed by atoms with E-state index < -0.39 is 48.8 Å². The van der Waals surface area contributed by atoms with Crippen LogP contribution in [0.25, 0.3) is 0 Å². The topological polar surface area (TPSA) is 122 Å². The highest BCUT2D eigenvalue weighted by atomic mass is 16.6. The molecule has 0 aromatic heterocycles. The van der Waals surface area contributed by atoms with Crippen LogP contribution >= 0.6 is 0 Å². The van der Waals surface area contributed by atoms with Gasteiger partial charge < -0.3 is 18.9 Å². The quantitative estimate of drug-likeness (QED) is 0.220. The van der Waals surface area contributed by atoms with E-state index in [1.54, 1.807) is 54.6 Å². The van der Waals surface area contributed by atoms with Crippen LogP contribution in [0.2, 0.25) is 0 Å². The van der Waals surface area contributed by atoms with E-state index in [9.17, 15) is 24.0 Å². The Labute approximate surface area is 212 Å². The molecular weight excluding hydrogens is 480 g/mol. The van der Waals surface area contributed by atoms with Crippen molar-refractivity contribution in [2.24, 2.45) is 0 Å². The molecule has 0 radical (unpaired) electrons. The van der Waals surface area contributed by atoms with Gasteiger partial charge in [0, 0.05) is 6.92 Å². The summed E-state index contributed by atoms with van der Waals surface area (Å²) in [6, 6.07) is 23.7. The van der Waals surface area contributed by atoms with Crippen LogP contribution < -0.4 is 0 Å². The maximum absolute atomic E-state index is 12.9. The second kappa shape index (κ2) is 13.3. The average molecular weight is 504 g/mol. The maximum Gasteiger partial charge on any atom is 0.338 e. The Balaban J connectivity index is 1.88. The molecule has 9 nitrogen and oxygen atoms in total. The molecule has 0 fully saturated rings. The lowest BCUT2D eigenvalue weighted by atomic mass is 10.1. The minimum Gasteiger partial charge on any atom is -0.458 e. The summed E-state index contributed by atoms with van der Waals surface area (Å²) in [6.07, 6.45) is -4.55. The Bertz CT molecular complexity index is 1210. The summed E-state index contributed by atoms with van der Waals surface area (Å²) in [4.78, 5) is 61.9. The van der Waals surface area contributed by atoms with Gasteiger partial charge in [0.1, 0.15) is 6.61 Å². The summed E-state index contributed by atoms with van der Waals surface area (Å²) in [5.41, 5.74) is 0.501. The molecule has 0 amide bonds. The zero-order valence-electron chi connectivity index (χ0n) is 19.9. The Hall–Kier alpha value is -4.79. The number of esters is 4. The van der Waals surface area contributed by atoms with Gasteiger partial charge in [-0.3, -0.25) is 9.59 Å². The van der Waals surface area contributed by atoms with Crippen molar-refractivity contribution in [2.75, 3.05) is 6.61 Å². The third-order valence-electron chi connectivity index (χ3n) is 5.04.